The van der Waals surface area contributed by atoms with Gasteiger partial charge in [-0.05, 0) is 85.3 Å². The third-order valence-corrected chi connectivity index (χ3v) is 17.4. The van der Waals surface area contributed by atoms with Gasteiger partial charge in [0.2, 0.25) is 0 Å². The van der Waals surface area contributed by atoms with E-state index in [2.05, 4.69) is 137 Å². The third kappa shape index (κ3) is 13.9. The smallest absolute Gasteiger partial charge is 0.157 e. The Morgan fingerprint density at radius 3 is 1.23 bits per heavy atom. The van der Waals surface area contributed by atoms with Crippen molar-refractivity contribution >= 4 is 33.9 Å². The molecule has 3 aromatic carbocycles. The minimum Gasteiger partial charge on any atom is -0.391 e. The van der Waals surface area contributed by atoms with E-state index in [0.717, 1.165) is 53.7 Å². The molecule has 8 rings (SSSR count). The predicted octanol–water partition coefficient (Wildman–Crippen LogP) is 10.5. The number of rotatable bonds is 14. The normalized spacial score (nSPS) is 35.1. The van der Waals surface area contributed by atoms with E-state index in [1.54, 1.807) is 0 Å². The molecule has 9 nitrogen and oxygen atoms in total. The van der Waals surface area contributed by atoms with Crippen molar-refractivity contribution in [2.75, 3.05) is 13.1 Å². The fourth-order valence-corrected chi connectivity index (χ4v) is 13.6. The minimum atomic E-state index is -0.443. The van der Waals surface area contributed by atoms with Crippen LogP contribution in [0.3, 0.4) is 0 Å². The zero-order valence-corrected chi connectivity index (χ0v) is 42.2. The molecule has 5 N–H and O–H groups in total. The Hall–Kier alpha value is -2.90. The summed E-state index contributed by atoms with van der Waals surface area (Å²) in [7, 11) is 0. The third-order valence-electron chi connectivity index (χ3n) is 14.9. The summed E-state index contributed by atoms with van der Waals surface area (Å²) in [5, 5.41) is 20.8. The van der Waals surface area contributed by atoms with E-state index in [0.29, 0.717) is 66.1 Å². The van der Waals surface area contributed by atoms with Crippen LogP contribution in [0.5, 0.6) is 0 Å². The first-order chi connectivity index (χ1) is 31.6. The van der Waals surface area contributed by atoms with Gasteiger partial charge in [0.1, 0.15) is 0 Å². The molecule has 0 radical (unpaired) electrons. The molecule has 3 saturated carbocycles. The molecule has 2 heterocycles. The Balaban J connectivity index is 0.000000163. The van der Waals surface area contributed by atoms with Crippen LogP contribution in [0.1, 0.15) is 111 Å². The van der Waals surface area contributed by atoms with Gasteiger partial charge in [0.05, 0.1) is 62.4 Å². The standard InChI is InChI=1S/2C19H28N2OS.C16H25NO2/c2*1-4-15-11-16-17(21-19(23-16)20-5-2)18(13(15)3)22-12-14-9-7-6-8-10-14;1-3-13-9-14(18)15(17)16(11(13)2)19-10-12-7-5-4-6-8-12/h2*6-10,13,15-18H,4-5,11-12H2,1-3H3,(H,20,21);4-8,11,13-16,18H,3,9-10,17H2,1-2H3/t2*13-,15+,16+,17+,18+;11-,13+,14-,15+,16+/m111/s1. The summed E-state index contributed by atoms with van der Waals surface area (Å²) in [6, 6.07) is 31.6. The highest BCUT2D eigenvalue weighted by molar-refractivity contribution is 8.15. The maximum absolute atomic E-state index is 10.1. The van der Waals surface area contributed by atoms with Crippen LogP contribution in [0, 0.1) is 35.5 Å². The first kappa shape index (κ1) is 51.5. The van der Waals surface area contributed by atoms with Gasteiger partial charge in [0.25, 0.3) is 0 Å². The highest BCUT2D eigenvalue weighted by atomic mass is 32.2. The number of amidine groups is 2. The lowest BCUT2D eigenvalue weighted by molar-refractivity contribution is -0.0899. The van der Waals surface area contributed by atoms with Crippen molar-refractivity contribution < 1.29 is 19.3 Å². The van der Waals surface area contributed by atoms with Gasteiger partial charge < -0.3 is 35.7 Å². The lowest BCUT2D eigenvalue weighted by atomic mass is 9.73. The quantitative estimate of drug-likeness (QED) is 0.125. The number of nitrogens with one attached hydrogen (secondary N) is 2. The molecule has 15 atom stereocenters. The molecule has 3 aliphatic carbocycles. The van der Waals surface area contributed by atoms with E-state index in [9.17, 15) is 5.11 Å². The second kappa shape index (κ2) is 26.0. The Kier molecular flexibility index (Phi) is 20.6. The number of nitrogens with two attached hydrogens (primary N) is 1. The molecule has 0 amide bonds. The lowest BCUT2D eigenvalue weighted by Gasteiger charge is -2.42. The fourth-order valence-electron chi connectivity index (χ4n) is 10.8. The van der Waals surface area contributed by atoms with E-state index in [4.69, 9.17) is 19.9 Å². The molecule has 65 heavy (non-hydrogen) atoms. The highest BCUT2D eigenvalue weighted by Crippen LogP contribution is 2.44. The largest absolute Gasteiger partial charge is 0.391 e. The van der Waals surface area contributed by atoms with Gasteiger partial charge in [-0.1, -0.05) is 175 Å². The Labute approximate surface area is 400 Å². The summed E-state index contributed by atoms with van der Waals surface area (Å²) in [6.45, 7) is 21.5. The average molecular weight is 928 g/mol. The summed E-state index contributed by atoms with van der Waals surface area (Å²) in [6.07, 6.45) is 6.89. The molecule has 0 spiro atoms. The van der Waals surface area contributed by atoms with Crippen LogP contribution in [-0.2, 0) is 34.0 Å². The number of aliphatic hydroxyl groups excluding tert-OH is 1. The summed E-state index contributed by atoms with van der Waals surface area (Å²) in [5.41, 5.74) is 9.77. The van der Waals surface area contributed by atoms with Gasteiger partial charge in [0, 0.05) is 23.6 Å². The van der Waals surface area contributed by atoms with Crippen LogP contribution >= 0.6 is 23.5 Å². The van der Waals surface area contributed by atoms with E-state index >= 15 is 0 Å². The van der Waals surface area contributed by atoms with Crippen molar-refractivity contribution in [1.82, 2.24) is 10.6 Å². The number of aliphatic hydroxyl groups is 1. The zero-order chi connectivity index (χ0) is 46.3. The average Bonchev–Trinajstić information content (AvgIpc) is 3.94. The van der Waals surface area contributed by atoms with Gasteiger partial charge in [-0.25, -0.2) is 0 Å². The first-order valence-corrected chi connectivity index (χ1v) is 26.7. The van der Waals surface area contributed by atoms with E-state index in [1.807, 2.05) is 53.9 Å². The second-order valence-electron chi connectivity index (χ2n) is 18.9. The number of hydrogen-bond donors (Lipinski definition) is 4. The topological polar surface area (TPSA) is 123 Å². The number of fused-ring (bicyclic) bond motifs is 2. The molecule has 0 unspecified atom stereocenters. The minimum absolute atomic E-state index is 0.0612. The maximum Gasteiger partial charge on any atom is 0.157 e. The van der Waals surface area contributed by atoms with Crippen LogP contribution in [0.4, 0.5) is 0 Å². The molecule has 0 bridgehead atoms. The number of hydrogen-bond acceptors (Lipinski definition) is 9. The predicted molar refractivity (Wildman–Crippen MR) is 274 cm³/mol. The molecule has 358 valence electrons. The molecule has 11 heteroatoms. The molecular weight excluding hydrogens is 847 g/mol. The SMILES string of the molecule is CCN=C1N[C@@H]2[C@@H](OCc3ccccc3)[C@H](C)[C@@H](CC)C[C@@H]2S1.CCN=C1N[C@@H]2[C@@H](OCc3ccccc3)[C@H](C)[C@@H](CC)C[C@@H]2S1.CC[C@H]1C[C@@H](O)[C@H](N)[C@@H](OCc2ccccc2)[C@@H]1C. The van der Waals surface area contributed by atoms with E-state index in [1.165, 1.54) is 36.8 Å². The van der Waals surface area contributed by atoms with Gasteiger partial charge in [-0.15, -0.1) is 0 Å². The summed E-state index contributed by atoms with van der Waals surface area (Å²) in [4.78, 5) is 9.18. The van der Waals surface area contributed by atoms with Gasteiger partial charge >= 0.3 is 0 Å². The van der Waals surface area contributed by atoms with Crippen LogP contribution < -0.4 is 16.4 Å². The van der Waals surface area contributed by atoms with Crippen LogP contribution in [0.2, 0.25) is 0 Å². The number of thioether (sulfide) groups is 2. The van der Waals surface area contributed by atoms with Crippen LogP contribution in [-0.4, -0.2) is 81.6 Å². The maximum atomic E-state index is 10.1. The van der Waals surface area contributed by atoms with Crippen LogP contribution in [0.25, 0.3) is 0 Å². The molecule has 5 fully saturated rings. The molecule has 2 aliphatic heterocycles. The molecule has 3 aromatic rings. The monoisotopic (exact) mass is 928 g/mol. The van der Waals surface area contributed by atoms with Crippen molar-refractivity contribution in [2.24, 2.45) is 51.2 Å². The number of ether oxygens (including phenoxy) is 3. The molecule has 0 aromatic heterocycles. The lowest BCUT2D eigenvalue weighted by Crippen LogP contribution is -2.55. The van der Waals surface area contributed by atoms with Crippen molar-refractivity contribution in [3.63, 3.8) is 0 Å². The molecule has 2 saturated heterocycles. The second-order valence-corrected chi connectivity index (χ2v) is 21.4. The Bertz CT molecular complexity index is 1780. The van der Waals surface area contributed by atoms with Gasteiger partial charge in [-0.2, -0.15) is 0 Å². The zero-order valence-electron chi connectivity index (χ0n) is 40.6. The Morgan fingerprint density at radius 1 is 0.538 bits per heavy atom. The van der Waals surface area contributed by atoms with Crippen molar-refractivity contribution in [3.05, 3.63) is 108 Å². The van der Waals surface area contributed by atoms with Crippen molar-refractivity contribution in [2.45, 2.75) is 167 Å². The molecule has 5 aliphatic rings. The number of nitrogens with zero attached hydrogens (tertiary/aromatic N) is 2. The number of benzene rings is 3. The first-order valence-electron chi connectivity index (χ1n) is 24.9. The summed E-state index contributed by atoms with van der Waals surface area (Å²) < 4.78 is 18.9. The molecular formula is C54H81N5O4S2. The van der Waals surface area contributed by atoms with E-state index < -0.39 is 6.10 Å². The van der Waals surface area contributed by atoms with Gasteiger partial charge in [-0.3, -0.25) is 9.98 Å². The van der Waals surface area contributed by atoms with Crippen molar-refractivity contribution in [3.8, 4) is 0 Å². The van der Waals surface area contributed by atoms with Gasteiger partial charge in [0.15, 0.2) is 10.3 Å². The number of aliphatic imine (C=N–C) groups is 2. The van der Waals surface area contributed by atoms with Crippen molar-refractivity contribution in [1.29, 1.82) is 0 Å². The Morgan fingerprint density at radius 2 is 0.877 bits per heavy atom. The fraction of sp³-hybridized carbons (Fsp3) is 0.630. The van der Waals surface area contributed by atoms with E-state index in [-0.39, 0.29) is 24.4 Å². The summed E-state index contributed by atoms with van der Waals surface area (Å²) in [5.74, 6) is 3.54. The van der Waals surface area contributed by atoms with Crippen LogP contribution in [0.15, 0.2) is 101 Å². The summed E-state index contributed by atoms with van der Waals surface area (Å²) >= 11 is 3.85. The highest BCUT2D eigenvalue weighted by Gasteiger charge is 2.49.